The van der Waals surface area contributed by atoms with Crippen LogP contribution in [0.3, 0.4) is 0 Å². The van der Waals surface area contributed by atoms with Gasteiger partial charge < -0.3 is 9.72 Å². The van der Waals surface area contributed by atoms with E-state index in [4.69, 9.17) is 16.3 Å². The Morgan fingerprint density at radius 2 is 1.83 bits per heavy atom. The fourth-order valence-corrected chi connectivity index (χ4v) is 2.77. The minimum atomic E-state index is -4.97. The average molecular weight is 432 g/mol. The number of rotatable bonds is 3. The van der Waals surface area contributed by atoms with Crippen molar-refractivity contribution in [1.82, 2.24) is 14.1 Å². The predicted octanol–water partition coefficient (Wildman–Crippen LogP) is 2.83. The molecule has 0 atom stereocenters. The van der Waals surface area contributed by atoms with Crippen molar-refractivity contribution >= 4 is 11.6 Å². The Kier molecular flexibility index (Phi) is 5.09. The first kappa shape index (κ1) is 20.4. The smallest absolute Gasteiger partial charge is 0.431 e. The van der Waals surface area contributed by atoms with Gasteiger partial charge in [-0.1, -0.05) is 11.6 Å². The lowest BCUT2D eigenvalue weighted by Gasteiger charge is -2.17. The number of nitrogens with one attached hydrogen (secondary N) is 1. The summed E-state index contributed by atoms with van der Waals surface area (Å²) in [5.41, 5.74) is -5.58. The van der Waals surface area contributed by atoms with Crippen LogP contribution >= 0.6 is 11.6 Å². The van der Waals surface area contributed by atoms with Gasteiger partial charge in [0.15, 0.2) is 11.5 Å². The molecule has 7 nitrogen and oxygen atoms in total. The van der Waals surface area contributed by atoms with Gasteiger partial charge in [-0.05, 0) is 18.2 Å². The summed E-state index contributed by atoms with van der Waals surface area (Å²) in [7, 11) is 0.796. The molecule has 12 heteroatoms. The maximum absolute atomic E-state index is 13.9. The van der Waals surface area contributed by atoms with E-state index in [9.17, 15) is 31.9 Å². The van der Waals surface area contributed by atoms with Crippen LogP contribution in [0.5, 0.6) is 11.5 Å². The van der Waals surface area contributed by atoms with Crippen molar-refractivity contribution in [3.63, 3.8) is 0 Å². The number of aromatic nitrogens is 3. The number of nitrogens with zero attached hydrogens (tertiary/aromatic N) is 2. The monoisotopic (exact) mass is 431 g/mol. The molecule has 3 aromatic rings. The Morgan fingerprint density at radius 3 is 2.45 bits per heavy atom. The number of aromatic amines is 1. The van der Waals surface area contributed by atoms with E-state index < -0.39 is 51.0 Å². The zero-order chi connectivity index (χ0) is 21.5. The molecule has 0 unspecified atom stereocenters. The first-order valence-corrected chi connectivity index (χ1v) is 8.13. The lowest BCUT2D eigenvalue weighted by Crippen LogP contribution is -2.40. The number of H-pyrrole nitrogens is 1. The largest absolute Gasteiger partial charge is 0.448 e. The van der Waals surface area contributed by atoms with E-state index >= 15 is 0 Å². The molecule has 1 N–H and O–H groups in total. The topological polar surface area (TPSA) is 86.1 Å². The Balaban J connectivity index is 2.32. The van der Waals surface area contributed by atoms with Gasteiger partial charge in [0.05, 0.1) is 5.02 Å². The molecule has 0 bridgehead atoms. The van der Waals surface area contributed by atoms with E-state index in [0.717, 1.165) is 13.1 Å². The zero-order valence-corrected chi connectivity index (χ0v) is 15.1. The Hall–Kier alpha value is -3.34. The van der Waals surface area contributed by atoms with E-state index in [1.54, 1.807) is 0 Å². The molecule has 0 fully saturated rings. The van der Waals surface area contributed by atoms with Crippen molar-refractivity contribution in [3.05, 3.63) is 84.3 Å². The van der Waals surface area contributed by atoms with Gasteiger partial charge in [-0.3, -0.25) is 14.2 Å². The Labute approximate surface area is 163 Å². The van der Waals surface area contributed by atoms with Crippen LogP contribution in [0.1, 0.15) is 5.69 Å². The maximum atomic E-state index is 13.9. The van der Waals surface area contributed by atoms with Gasteiger partial charge in [0, 0.05) is 25.4 Å². The summed E-state index contributed by atoms with van der Waals surface area (Å²) < 4.78 is 58.8. The fraction of sp³-hybridized carbons (Fsp3) is 0.118. The average Bonchev–Trinajstić information content (AvgIpc) is 2.61. The molecule has 0 radical (unpaired) electrons. The molecular formula is C17H10ClF4N3O4. The first-order valence-electron chi connectivity index (χ1n) is 7.76. The third kappa shape index (κ3) is 3.81. The highest BCUT2D eigenvalue weighted by Crippen LogP contribution is 2.35. The van der Waals surface area contributed by atoms with Crippen LogP contribution in [-0.2, 0) is 13.2 Å². The number of benzene rings is 1. The van der Waals surface area contributed by atoms with Gasteiger partial charge in [-0.25, -0.2) is 13.8 Å². The normalized spacial score (nSPS) is 11.5. The molecule has 29 heavy (non-hydrogen) atoms. The molecular weight excluding hydrogens is 422 g/mol. The van der Waals surface area contributed by atoms with Crippen molar-refractivity contribution in [2.24, 2.45) is 7.05 Å². The van der Waals surface area contributed by atoms with Crippen molar-refractivity contribution in [3.8, 4) is 17.2 Å². The van der Waals surface area contributed by atoms with Gasteiger partial charge in [-0.2, -0.15) is 13.2 Å². The third-order valence-corrected chi connectivity index (χ3v) is 4.12. The van der Waals surface area contributed by atoms with Gasteiger partial charge in [0.1, 0.15) is 17.2 Å². The molecule has 0 saturated heterocycles. The molecule has 3 rings (SSSR count). The van der Waals surface area contributed by atoms with Crippen LogP contribution in [-0.4, -0.2) is 14.1 Å². The predicted molar refractivity (Wildman–Crippen MR) is 94.4 cm³/mol. The molecule has 1 aromatic carbocycles. The molecule has 2 aromatic heterocycles. The number of halogens is 5. The van der Waals surface area contributed by atoms with E-state index in [1.165, 1.54) is 18.3 Å². The van der Waals surface area contributed by atoms with Crippen LogP contribution in [0.4, 0.5) is 17.6 Å². The van der Waals surface area contributed by atoms with Crippen LogP contribution in [0.25, 0.3) is 5.69 Å². The minimum absolute atomic E-state index is 0.180. The molecule has 0 aliphatic rings. The highest BCUT2D eigenvalue weighted by molar-refractivity contribution is 6.32. The number of pyridine rings is 1. The van der Waals surface area contributed by atoms with Gasteiger partial charge in [0.2, 0.25) is 0 Å². The standard InChI is InChI=1S/C17H10ClF4N3O4/c1-24-12(17(20,21)22)7-13(26)25(16(24)28)10-6-8(19)5-9(18)14(10)29-11-3-2-4-23-15(11)27/h2-7H,1H3,(H,23,27). The number of hydrogen-bond acceptors (Lipinski definition) is 4. The Morgan fingerprint density at radius 1 is 1.14 bits per heavy atom. The minimum Gasteiger partial charge on any atom is -0.448 e. The first-order chi connectivity index (χ1) is 13.5. The Bertz CT molecular complexity index is 1280. The summed E-state index contributed by atoms with van der Waals surface area (Å²) >= 11 is 5.95. The van der Waals surface area contributed by atoms with E-state index in [2.05, 4.69) is 4.98 Å². The van der Waals surface area contributed by atoms with Crippen LogP contribution in [0.2, 0.25) is 5.02 Å². The summed E-state index contributed by atoms with van der Waals surface area (Å²) in [6, 6.07) is 4.28. The summed E-state index contributed by atoms with van der Waals surface area (Å²) in [6.07, 6.45) is -3.67. The molecule has 2 heterocycles. The van der Waals surface area contributed by atoms with Gasteiger partial charge >= 0.3 is 11.9 Å². The molecule has 0 aliphatic carbocycles. The summed E-state index contributed by atoms with van der Waals surface area (Å²) in [5, 5.41) is -0.419. The number of alkyl halides is 3. The summed E-state index contributed by atoms with van der Waals surface area (Å²) in [4.78, 5) is 38.9. The second kappa shape index (κ2) is 7.24. The summed E-state index contributed by atoms with van der Waals surface area (Å²) in [5.74, 6) is -1.77. The fourth-order valence-electron chi connectivity index (χ4n) is 2.53. The second-order valence-electron chi connectivity index (χ2n) is 5.74. The van der Waals surface area contributed by atoms with Crippen molar-refractivity contribution in [2.45, 2.75) is 6.18 Å². The molecule has 0 spiro atoms. The SMILES string of the molecule is Cn1c(C(F)(F)F)cc(=O)n(-c2cc(F)cc(Cl)c2Oc2ccc[nH]c2=O)c1=O. The van der Waals surface area contributed by atoms with E-state index in [1.807, 2.05) is 0 Å². The van der Waals surface area contributed by atoms with E-state index in [0.29, 0.717) is 6.07 Å². The van der Waals surface area contributed by atoms with Crippen LogP contribution in [0, 0.1) is 5.82 Å². The van der Waals surface area contributed by atoms with Gasteiger partial charge in [-0.15, -0.1) is 0 Å². The second-order valence-corrected chi connectivity index (χ2v) is 6.15. The van der Waals surface area contributed by atoms with Crippen LogP contribution < -0.4 is 21.5 Å². The highest BCUT2D eigenvalue weighted by atomic mass is 35.5. The third-order valence-electron chi connectivity index (χ3n) is 3.83. The quantitative estimate of drug-likeness (QED) is 0.646. The van der Waals surface area contributed by atoms with E-state index in [-0.39, 0.29) is 21.0 Å². The summed E-state index contributed by atoms with van der Waals surface area (Å²) in [6.45, 7) is 0. The maximum Gasteiger partial charge on any atom is 0.431 e. The van der Waals surface area contributed by atoms with Crippen molar-refractivity contribution in [1.29, 1.82) is 0 Å². The van der Waals surface area contributed by atoms with Crippen molar-refractivity contribution in [2.75, 3.05) is 0 Å². The van der Waals surface area contributed by atoms with Crippen molar-refractivity contribution < 1.29 is 22.3 Å². The number of hydrogen-bond donors (Lipinski definition) is 1. The lowest BCUT2D eigenvalue weighted by molar-refractivity contribution is -0.144. The molecule has 0 saturated carbocycles. The molecule has 0 aliphatic heterocycles. The number of ether oxygens (including phenoxy) is 1. The lowest BCUT2D eigenvalue weighted by atomic mass is 10.2. The highest BCUT2D eigenvalue weighted by Gasteiger charge is 2.35. The van der Waals surface area contributed by atoms with Crippen LogP contribution in [0.15, 0.2) is 50.9 Å². The molecule has 152 valence electrons. The molecule has 0 amide bonds. The van der Waals surface area contributed by atoms with Gasteiger partial charge in [0.25, 0.3) is 11.1 Å². The zero-order valence-electron chi connectivity index (χ0n) is 14.4.